The lowest BCUT2D eigenvalue weighted by Gasteiger charge is -2.33. The van der Waals surface area contributed by atoms with Crippen LogP contribution in [0.3, 0.4) is 0 Å². The van der Waals surface area contributed by atoms with Gasteiger partial charge in [0.2, 0.25) is 0 Å². The molecular formula is C21H30N2O5S. The molecule has 1 unspecified atom stereocenters. The minimum absolute atomic E-state index is 0.0159. The van der Waals surface area contributed by atoms with Crippen LogP contribution in [0.5, 0.6) is 0 Å². The van der Waals surface area contributed by atoms with Gasteiger partial charge in [-0.3, -0.25) is 9.59 Å². The second kappa shape index (κ2) is 10.0. The zero-order chi connectivity index (χ0) is 21.6. The van der Waals surface area contributed by atoms with Gasteiger partial charge in [0.05, 0.1) is 12.7 Å². The third-order valence-electron chi connectivity index (χ3n) is 4.46. The van der Waals surface area contributed by atoms with Gasteiger partial charge >= 0.3 is 12.1 Å². The zero-order valence-electron chi connectivity index (χ0n) is 17.7. The van der Waals surface area contributed by atoms with Crippen LogP contribution in [0.4, 0.5) is 4.79 Å². The fourth-order valence-corrected chi connectivity index (χ4v) is 4.03. The van der Waals surface area contributed by atoms with Crippen LogP contribution >= 0.6 is 11.8 Å². The van der Waals surface area contributed by atoms with E-state index in [4.69, 9.17) is 9.47 Å². The maximum absolute atomic E-state index is 13.0. The largest absolute Gasteiger partial charge is 0.468 e. The molecule has 1 aromatic rings. The van der Waals surface area contributed by atoms with Gasteiger partial charge in [-0.05, 0) is 52.7 Å². The minimum Gasteiger partial charge on any atom is -0.468 e. The molecule has 1 aliphatic rings. The summed E-state index contributed by atoms with van der Waals surface area (Å²) < 4.78 is 10.1. The summed E-state index contributed by atoms with van der Waals surface area (Å²) >= 11 is 1.31. The number of hydrogen-bond acceptors (Lipinski definition) is 6. The summed E-state index contributed by atoms with van der Waals surface area (Å²) in [6.07, 6.45) is 0.901. The molecule has 8 heteroatoms. The first-order valence-corrected chi connectivity index (χ1v) is 10.6. The first-order chi connectivity index (χ1) is 13.6. The highest BCUT2D eigenvalue weighted by Crippen LogP contribution is 2.29. The Morgan fingerprint density at radius 3 is 2.38 bits per heavy atom. The Labute approximate surface area is 176 Å². The number of benzene rings is 1. The van der Waals surface area contributed by atoms with Crippen molar-refractivity contribution in [2.24, 2.45) is 0 Å². The summed E-state index contributed by atoms with van der Waals surface area (Å²) in [5, 5.41) is 2.47. The number of nitrogens with one attached hydrogen (secondary N) is 1. The van der Waals surface area contributed by atoms with Gasteiger partial charge in [-0.2, -0.15) is 0 Å². The van der Waals surface area contributed by atoms with Crippen molar-refractivity contribution in [3.63, 3.8) is 0 Å². The van der Waals surface area contributed by atoms with Crippen LogP contribution in [-0.4, -0.2) is 60.0 Å². The number of amides is 2. The van der Waals surface area contributed by atoms with Crippen LogP contribution in [-0.2, 0) is 14.3 Å². The molecule has 0 radical (unpaired) electrons. The van der Waals surface area contributed by atoms with E-state index in [0.717, 1.165) is 4.90 Å². The van der Waals surface area contributed by atoms with Crippen molar-refractivity contribution >= 4 is 29.7 Å². The number of likely N-dealkylation sites (tertiary alicyclic amines) is 1. The molecule has 2 rings (SSSR count). The molecule has 1 N–H and O–H groups in total. The summed E-state index contributed by atoms with van der Waals surface area (Å²) in [5.74, 6) is -0.396. The number of carbonyl (C=O) groups excluding carboxylic acids is 3. The fourth-order valence-electron chi connectivity index (χ4n) is 3.02. The van der Waals surface area contributed by atoms with Gasteiger partial charge in [0.1, 0.15) is 10.9 Å². The highest BCUT2D eigenvalue weighted by molar-refractivity contribution is 8.00. The normalized spacial score (nSPS) is 16.1. The molecule has 7 nitrogen and oxygen atoms in total. The number of esters is 1. The van der Waals surface area contributed by atoms with Gasteiger partial charge < -0.3 is 19.7 Å². The van der Waals surface area contributed by atoms with Crippen LogP contribution in [0, 0.1) is 0 Å². The molecule has 0 spiro atoms. The number of alkyl carbamates (subject to hydrolysis) is 1. The van der Waals surface area contributed by atoms with E-state index in [2.05, 4.69) is 5.32 Å². The first kappa shape index (κ1) is 23.1. The number of hydrogen-bond donors (Lipinski definition) is 1. The van der Waals surface area contributed by atoms with E-state index in [1.807, 2.05) is 39.0 Å². The quantitative estimate of drug-likeness (QED) is 0.578. The molecule has 1 aliphatic heterocycles. The van der Waals surface area contributed by atoms with Crippen molar-refractivity contribution in [2.45, 2.75) is 62.3 Å². The zero-order valence-corrected chi connectivity index (χ0v) is 18.5. The number of carbonyl (C=O) groups is 3. The van der Waals surface area contributed by atoms with Crippen LogP contribution in [0.15, 0.2) is 29.2 Å². The summed E-state index contributed by atoms with van der Waals surface area (Å²) in [5.41, 5.74) is 0.0375. The lowest BCUT2D eigenvalue weighted by molar-refractivity contribution is -0.139. The first-order valence-electron chi connectivity index (χ1n) is 9.73. The molecular weight excluding hydrogens is 392 g/mol. The Bertz CT molecular complexity index is 739. The van der Waals surface area contributed by atoms with E-state index in [-0.39, 0.29) is 17.9 Å². The maximum atomic E-state index is 13.0. The van der Waals surface area contributed by atoms with Gasteiger partial charge in [0, 0.05) is 24.0 Å². The van der Waals surface area contributed by atoms with Crippen LogP contribution < -0.4 is 5.32 Å². The molecule has 0 aromatic heterocycles. The number of ether oxygens (including phenoxy) is 2. The number of rotatable bonds is 5. The van der Waals surface area contributed by atoms with Crippen molar-refractivity contribution in [2.75, 3.05) is 20.2 Å². The Kier molecular flexibility index (Phi) is 7.96. The molecule has 1 atom stereocenters. The van der Waals surface area contributed by atoms with E-state index >= 15 is 0 Å². The van der Waals surface area contributed by atoms with E-state index in [0.29, 0.717) is 31.5 Å². The Morgan fingerprint density at radius 2 is 1.79 bits per heavy atom. The fraction of sp³-hybridized carbons (Fsp3) is 0.571. The lowest BCUT2D eigenvalue weighted by atomic mass is 10.0. The number of piperidine rings is 1. The van der Waals surface area contributed by atoms with Crippen LogP contribution in [0.2, 0.25) is 0 Å². The van der Waals surface area contributed by atoms with Crippen molar-refractivity contribution in [3.05, 3.63) is 29.8 Å². The Balaban J connectivity index is 1.96. The molecule has 1 heterocycles. The summed E-state index contributed by atoms with van der Waals surface area (Å²) in [6.45, 7) is 8.32. The molecule has 0 bridgehead atoms. The molecule has 0 saturated carbocycles. The molecule has 2 amide bonds. The molecule has 29 heavy (non-hydrogen) atoms. The van der Waals surface area contributed by atoms with Gasteiger partial charge in [-0.25, -0.2) is 4.79 Å². The smallest absolute Gasteiger partial charge is 0.407 e. The third-order valence-corrected chi connectivity index (χ3v) is 5.61. The predicted octanol–water partition coefficient (Wildman–Crippen LogP) is 3.47. The Hall–Kier alpha value is -2.22. The van der Waals surface area contributed by atoms with Crippen molar-refractivity contribution < 1.29 is 23.9 Å². The van der Waals surface area contributed by atoms with Gasteiger partial charge in [-0.1, -0.05) is 12.1 Å². The second-order valence-electron chi connectivity index (χ2n) is 7.99. The minimum atomic E-state index is -0.538. The number of thioether (sulfide) groups is 1. The molecule has 0 aliphatic carbocycles. The summed E-state index contributed by atoms with van der Waals surface area (Å²) in [4.78, 5) is 39.2. The topological polar surface area (TPSA) is 84.9 Å². The highest BCUT2D eigenvalue weighted by Gasteiger charge is 2.28. The average molecular weight is 423 g/mol. The van der Waals surface area contributed by atoms with Crippen molar-refractivity contribution in [1.29, 1.82) is 0 Å². The van der Waals surface area contributed by atoms with Crippen LogP contribution in [0.25, 0.3) is 0 Å². The average Bonchev–Trinajstić information content (AvgIpc) is 2.66. The molecule has 1 fully saturated rings. The van der Waals surface area contributed by atoms with Gasteiger partial charge in [-0.15, -0.1) is 11.8 Å². The van der Waals surface area contributed by atoms with E-state index in [9.17, 15) is 14.4 Å². The molecule has 1 aromatic carbocycles. The molecule has 160 valence electrons. The highest BCUT2D eigenvalue weighted by atomic mass is 32.2. The van der Waals surface area contributed by atoms with Crippen molar-refractivity contribution in [3.8, 4) is 0 Å². The Morgan fingerprint density at radius 1 is 1.17 bits per heavy atom. The lowest BCUT2D eigenvalue weighted by Crippen LogP contribution is -2.47. The summed E-state index contributed by atoms with van der Waals surface area (Å²) in [7, 11) is 1.35. The predicted molar refractivity (Wildman–Crippen MR) is 112 cm³/mol. The van der Waals surface area contributed by atoms with E-state index < -0.39 is 16.9 Å². The second-order valence-corrected chi connectivity index (χ2v) is 9.37. The van der Waals surface area contributed by atoms with Crippen molar-refractivity contribution in [1.82, 2.24) is 10.2 Å². The standard InChI is InChI=1S/C21H30N2O5S/c1-14(19(25)27-5)29-17-9-7-6-8-16(17)18(24)23-12-10-15(11-13-23)22-20(26)28-21(2,3)4/h6-9,14-15H,10-13H2,1-5H3,(H,22,26). The summed E-state index contributed by atoms with van der Waals surface area (Å²) in [6, 6.07) is 7.27. The van der Waals surface area contributed by atoms with E-state index in [1.54, 1.807) is 17.9 Å². The number of methoxy groups -OCH3 is 1. The van der Waals surface area contributed by atoms with Gasteiger partial charge in [0.15, 0.2) is 0 Å². The SMILES string of the molecule is COC(=O)C(C)Sc1ccccc1C(=O)N1CCC(NC(=O)OC(C)(C)C)CC1. The van der Waals surface area contributed by atoms with Gasteiger partial charge in [0.25, 0.3) is 5.91 Å². The van der Waals surface area contributed by atoms with Crippen LogP contribution in [0.1, 0.15) is 50.9 Å². The third kappa shape index (κ3) is 6.96. The maximum Gasteiger partial charge on any atom is 0.407 e. The monoisotopic (exact) mass is 422 g/mol. The number of nitrogens with zero attached hydrogens (tertiary/aromatic N) is 1. The molecule has 1 saturated heterocycles. The van der Waals surface area contributed by atoms with E-state index in [1.165, 1.54) is 18.9 Å².